The Balaban J connectivity index is 1.66. The van der Waals surface area contributed by atoms with Crippen molar-refractivity contribution in [3.05, 3.63) is 18.6 Å². The number of rotatable bonds is 4. The molecule has 2 atom stereocenters. The van der Waals surface area contributed by atoms with E-state index in [-0.39, 0.29) is 0 Å². The molecule has 2 fully saturated rings. The summed E-state index contributed by atoms with van der Waals surface area (Å²) in [6.07, 6.45) is 10.7. The second-order valence-corrected chi connectivity index (χ2v) is 5.05. The van der Waals surface area contributed by atoms with Crippen molar-refractivity contribution in [2.75, 3.05) is 11.9 Å². The van der Waals surface area contributed by atoms with Gasteiger partial charge in [-0.15, -0.1) is 0 Å². The fraction of sp³-hybridized carbons (Fsp3) is 0.692. The number of hydrogen-bond acceptors (Lipinski definition) is 4. The number of nitrogens with one attached hydrogen (secondary N) is 1. The first-order valence-electron chi connectivity index (χ1n) is 6.49. The minimum atomic E-state index is 0.382. The summed E-state index contributed by atoms with van der Waals surface area (Å²) in [5.41, 5.74) is 0.382. The molecule has 4 heteroatoms. The highest BCUT2D eigenvalue weighted by Crippen LogP contribution is 2.57. The quantitative estimate of drug-likeness (QED) is 0.866. The third kappa shape index (κ3) is 1.71. The molecule has 2 aliphatic carbocycles. The van der Waals surface area contributed by atoms with Crippen LogP contribution >= 0.6 is 0 Å². The first-order chi connectivity index (χ1) is 8.35. The van der Waals surface area contributed by atoms with Crippen molar-refractivity contribution >= 4 is 5.82 Å². The summed E-state index contributed by atoms with van der Waals surface area (Å²) in [6.45, 7) is 2.90. The lowest BCUT2D eigenvalue weighted by Gasteiger charge is -2.61. The van der Waals surface area contributed by atoms with Crippen LogP contribution in [0.5, 0.6) is 0 Å². The van der Waals surface area contributed by atoms with Gasteiger partial charge in [0.2, 0.25) is 0 Å². The van der Waals surface area contributed by atoms with Gasteiger partial charge in [-0.2, -0.15) is 0 Å². The Bertz CT molecular complexity index is 378. The fourth-order valence-electron chi connectivity index (χ4n) is 3.19. The van der Waals surface area contributed by atoms with Crippen LogP contribution in [-0.4, -0.2) is 28.7 Å². The van der Waals surface area contributed by atoms with Gasteiger partial charge in [-0.05, 0) is 26.2 Å². The van der Waals surface area contributed by atoms with Crippen molar-refractivity contribution in [3.8, 4) is 0 Å². The molecule has 2 aliphatic rings. The van der Waals surface area contributed by atoms with Gasteiger partial charge in [0.05, 0.1) is 12.3 Å². The van der Waals surface area contributed by atoms with E-state index in [4.69, 9.17) is 4.74 Å². The Morgan fingerprint density at radius 3 is 2.94 bits per heavy atom. The maximum Gasteiger partial charge on any atom is 0.144 e. The summed E-state index contributed by atoms with van der Waals surface area (Å²) in [6, 6.07) is 0.518. The highest BCUT2D eigenvalue weighted by Gasteiger charge is 2.58. The molecule has 3 rings (SSSR count). The van der Waals surface area contributed by atoms with Crippen LogP contribution in [0.25, 0.3) is 0 Å². The third-order valence-corrected chi connectivity index (χ3v) is 4.32. The standard InChI is InChI=1S/C13H19N3O/c1-2-17-11-8-10(13(11)4-3-5-13)16-12-9-14-6-7-15-12/h6-7,9-11H,2-5,8H2,1H3,(H,15,16)/t10-,11+/m0/s1. The molecular formula is C13H19N3O. The summed E-state index contributed by atoms with van der Waals surface area (Å²) in [5.74, 6) is 0.888. The molecule has 1 aromatic rings. The zero-order valence-electron chi connectivity index (χ0n) is 10.2. The molecule has 1 spiro atoms. The number of ether oxygens (including phenoxy) is 1. The van der Waals surface area contributed by atoms with Crippen molar-refractivity contribution in [1.82, 2.24) is 9.97 Å². The van der Waals surface area contributed by atoms with E-state index in [2.05, 4.69) is 22.2 Å². The molecule has 2 saturated carbocycles. The van der Waals surface area contributed by atoms with E-state index >= 15 is 0 Å². The van der Waals surface area contributed by atoms with E-state index in [1.54, 1.807) is 18.6 Å². The third-order valence-electron chi connectivity index (χ3n) is 4.32. The molecule has 1 N–H and O–H groups in total. The van der Waals surface area contributed by atoms with Crippen LogP contribution in [0.3, 0.4) is 0 Å². The largest absolute Gasteiger partial charge is 0.378 e. The first kappa shape index (κ1) is 11.0. The maximum absolute atomic E-state index is 5.83. The van der Waals surface area contributed by atoms with Crippen LogP contribution in [0.2, 0.25) is 0 Å². The molecule has 4 nitrogen and oxygen atoms in total. The van der Waals surface area contributed by atoms with Crippen molar-refractivity contribution in [2.45, 2.75) is 44.8 Å². The Labute approximate surface area is 102 Å². The molecule has 0 unspecified atom stereocenters. The predicted octanol–water partition coefficient (Wildman–Crippen LogP) is 2.24. The summed E-state index contributed by atoms with van der Waals surface area (Å²) >= 11 is 0. The van der Waals surface area contributed by atoms with E-state index in [0.29, 0.717) is 17.6 Å². The zero-order valence-corrected chi connectivity index (χ0v) is 10.2. The van der Waals surface area contributed by atoms with Gasteiger partial charge in [0, 0.05) is 30.5 Å². The van der Waals surface area contributed by atoms with E-state index in [1.165, 1.54) is 19.3 Å². The Hall–Kier alpha value is -1.16. The van der Waals surface area contributed by atoms with Gasteiger partial charge in [0.15, 0.2) is 0 Å². The number of hydrogen-bond donors (Lipinski definition) is 1. The van der Waals surface area contributed by atoms with E-state index in [1.807, 2.05) is 0 Å². The monoisotopic (exact) mass is 233 g/mol. The summed E-state index contributed by atoms with van der Waals surface area (Å²) in [5, 5.41) is 3.51. The Morgan fingerprint density at radius 1 is 1.47 bits per heavy atom. The van der Waals surface area contributed by atoms with Gasteiger partial charge < -0.3 is 10.1 Å². The average Bonchev–Trinajstić information content (AvgIpc) is 2.27. The topological polar surface area (TPSA) is 47.0 Å². The highest BCUT2D eigenvalue weighted by atomic mass is 16.5. The maximum atomic E-state index is 5.83. The zero-order chi connectivity index (χ0) is 11.7. The minimum absolute atomic E-state index is 0.382. The smallest absolute Gasteiger partial charge is 0.144 e. The van der Waals surface area contributed by atoms with Crippen molar-refractivity contribution in [1.29, 1.82) is 0 Å². The van der Waals surface area contributed by atoms with E-state index < -0.39 is 0 Å². The summed E-state index contributed by atoms with van der Waals surface area (Å²) in [7, 11) is 0. The Kier molecular flexibility index (Phi) is 2.74. The first-order valence-corrected chi connectivity index (χ1v) is 6.49. The van der Waals surface area contributed by atoms with Gasteiger partial charge in [-0.25, -0.2) is 4.98 Å². The van der Waals surface area contributed by atoms with Crippen LogP contribution in [0, 0.1) is 5.41 Å². The highest BCUT2D eigenvalue weighted by molar-refractivity contribution is 5.35. The van der Waals surface area contributed by atoms with Gasteiger partial charge in [-0.3, -0.25) is 4.98 Å². The van der Waals surface area contributed by atoms with Crippen molar-refractivity contribution in [2.24, 2.45) is 5.41 Å². The Morgan fingerprint density at radius 2 is 2.35 bits per heavy atom. The molecule has 17 heavy (non-hydrogen) atoms. The van der Waals surface area contributed by atoms with E-state index in [0.717, 1.165) is 18.8 Å². The molecule has 0 aliphatic heterocycles. The molecule has 0 bridgehead atoms. The lowest BCUT2D eigenvalue weighted by molar-refractivity contribution is -0.157. The lowest BCUT2D eigenvalue weighted by Crippen LogP contribution is -2.64. The second-order valence-electron chi connectivity index (χ2n) is 5.05. The predicted molar refractivity (Wildman–Crippen MR) is 65.8 cm³/mol. The average molecular weight is 233 g/mol. The lowest BCUT2D eigenvalue weighted by atomic mass is 9.51. The molecular weight excluding hydrogens is 214 g/mol. The van der Waals surface area contributed by atoms with E-state index in [9.17, 15) is 0 Å². The molecule has 0 amide bonds. The minimum Gasteiger partial charge on any atom is -0.378 e. The number of anilines is 1. The fourth-order valence-corrected chi connectivity index (χ4v) is 3.19. The van der Waals surface area contributed by atoms with Crippen LogP contribution in [0.15, 0.2) is 18.6 Å². The normalized spacial score (nSPS) is 29.5. The number of nitrogens with zero attached hydrogens (tertiary/aromatic N) is 2. The van der Waals surface area contributed by atoms with Crippen LogP contribution in [-0.2, 0) is 4.74 Å². The SMILES string of the molecule is CCO[C@@H]1C[C@H](Nc2cnccn2)C12CCC2. The van der Waals surface area contributed by atoms with Crippen molar-refractivity contribution in [3.63, 3.8) is 0 Å². The van der Waals surface area contributed by atoms with Crippen LogP contribution in [0.4, 0.5) is 5.82 Å². The molecule has 1 heterocycles. The summed E-state index contributed by atoms with van der Waals surface area (Å²) in [4.78, 5) is 8.37. The molecule has 1 aromatic heterocycles. The van der Waals surface area contributed by atoms with Crippen LogP contribution in [0.1, 0.15) is 32.6 Å². The van der Waals surface area contributed by atoms with Crippen molar-refractivity contribution < 1.29 is 4.74 Å². The summed E-state index contributed by atoms with van der Waals surface area (Å²) < 4.78 is 5.83. The molecule has 0 saturated heterocycles. The second kappa shape index (κ2) is 4.26. The van der Waals surface area contributed by atoms with Gasteiger partial charge >= 0.3 is 0 Å². The molecule has 0 radical (unpaired) electrons. The number of aromatic nitrogens is 2. The van der Waals surface area contributed by atoms with Crippen LogP contribution < -0.4 is 5.32 Å². The van der Waals surface area contributed by atoms with Gasteiger partial charge in [0.1, 0.15) is 5.82 Å². The molecule has 92 valence electrons. The molecule has 0 aromatic carbocycles. The van der Waals surface area contributed by atoms with Gasteiger partial charge in [0.25, 0.3) is 0 Å². The van der Waals surface area contributed by atoms with Gasteiger partial charge in [-0.1, -0.05) is 6.42 Å².